The number of hydrogen-bond donors (Lipinski definition) is 0. The van der Waals surface area contributed by atoms with E-state index in [0.29, 0.717) is 22.3 Å². The number of hydrogen-bond acceptors (Lipinski definition) is 6. The molecule has 0 N–H and O–H groups in total. The Bertz CT molecular complexity index is 1330. The second-order valence-electron chi connectivity index (χ2n) is 6.71. The van der Waals surface area contributed by atoms with Crippen molar-refractivity contribution < 1.29 is 8.42 Å². The lowest BCUT2D eigenvalue weighted by molar-refractivity contribution is 0.552. The summed E-state index contributed by atoms with van der Waals surface area (Å²) >= 11 is 12.4. The average molecular weight is 451 g/mol. The molecule has 2 heterocycles. The van der Waals surface area contributed by atoms with Crippen LogP contribution in [0.25, 0.3) is 22.0 Å². The number of fused-ring (bicyclic) bond motifs is 1. The van der Waals surface area contributed by atoms with Gasteiger partial charge in [-0.3, -0.25) is 4.68 Å². The molecular formula is C18H16Cl2N6O2S. The summed E-state index contributed by atoms with van der Waals surface area (Å²) in [6.07, 6.45) is 1.47. The van der Waals surface area contributed by atoms with E-state index in [0.717, 1.165) is 38.8 Å². The Labute approximate surface area is 177 Å². The van der Waals surface area contributed by atoms with Gasteiger partial charge in [-0.1, -0.05) is 47.5 Å². The minimum absolute atomic E-state index is 0.314. The van der Waals surface area contributed by atoms with E-state index in [4.69, 9.17) is 23.2 Å². The second-order valence-corrected chi connectivity index (χ2v) is 9.66. The molecule has 0 fully saturated rings. The summed E-state index contributed by atoms with van der Waals surface area (Å²) < 4.78 is 24.6. The van der Waals surface area contributed by atoms with Crippen molar-refractivity contribution in [1.29, 1.82) is 0 Å². The maximum absolute atomic E-state index is 11.4. The van der Waals surface area contributed by atoms with Crippen LogP contribution in [0.2, 0.25) is 10.0 Å². The molecule has 0 spiro atoms. The summed E-state index contributed by atoms with van der Waals surface area (Å²) in [7, 11) is -1.42. The monoisotopic (exact) mass is 450 g/mol. The number of benzene rings is 2. The fourth-order valence-electron chi connectivity index (χ4n) is 3.17. The van der Waals surface area contributed by atoms with E-state index in [9.17, 15) is 8.42 Å². The Balaban J connectivity index is 1.75. The van der Waals surface area contributed by atoms with E-state index in [1.54, 1.807) is 16.8 Å². The molecule has 0 atom stereocenters. The second kappa shape index (κ2) is 7.40. The summed E-state index contributed by atoms with van der Waals surface area (Å²) in [6.45, 7) is 0. The summed E-state index contributed by atoms with van der Waals surface area (Å²) in [5.41, 5.74) is 3.40. The lowest BCUT2D eigenvalue weighted by atomic mass is 10.0. The maximum atomic E-state index is 11.4. The molecule has 0 aliphatic heterocycles. The molecule has 2 aromatic heterocycles. The van der Waals surface area contributed by atoms with Gasteiger partial charge in [-0.05, 0) is 17.3 Å². The van der Waals surface area contributed by atoms with Crippen LogP contribution in [0, 0.1) is 0 Å². The molecule has 2 aromatic carbocycles. The first-order chi connectivity index (χ1) is 13.7. The molecule has 0 radical (unpaired) electrons. The molecule has 0 saturated heterocycles. The SMILES string of the molecule is Cn1nc2c(-c3ccc(Cl)cc3Cl)cccc2c1Cc1nnn(CS(C)(=O)=O)n1. The van der Waals surface area contributed by atoms with Crippen LogP contribution in [0.4, 0.5) is 0 Å². The first kappa shape index (κ1) is 19.8. The molecule has 0 unspecified atom stereocenters. The van der Waals surface area contributed by atoms with Crippen LogP contribution in [-0.2, 0) is 29.2 Å². The van der Waals surface area contributed by atoms with Gasteiger partial charge in [0.1, 0.15) is 5.52 Å². The summed E-state index contributed by atoms with van der Waals surface area (Å²) in [4.78, 5) is 1.07. The Morgan fingerprint density at radius 2 is 1.86 bits per heavy atom. The molecule has 4 rings (SSSR count). The molecule has 150 valence electrons. The lowest BCUT2D eigenvalue weighted by Crippen LogP contribution is -2.12. The number of aryl methyl sites for hydroxylation is 1. The maximum Gasteiger partial charge on any atom is 0.180 e. The average Bonchev–Trinajstić information content (AvgIpc) is 3.18. The molecular weight excluding hydrogens is 435 g/mol. The molecule has 0 aliphatic rings. The van der Waals surface area contributed by atoms with Gasteiger partial charge in [-0.25, -0.2) is 8.42 Å². The highest BCUT2D eigenvalue weighted by atomic mass is 35.5. The van der Waals surface area contributed by atoms with Crippen molar-refractivity contribution in [2.45, 2.75) is 12.3 Å². The van der Waals surface area contributed by atoms with Gasteiger partial charge in [0.05, 0.1) is 12.1 Å². The molecule has 8 nitrogen and oxygen atoms in total. The molecule has 0 bridgehead atoms. The fraction of sp³-hybridized carbons (Fsp3) is 0.222. The largest absolute Gasteiger partial charge is 0.271 e. The predicted octanol–water partition coefficient (Wildman–Crippen LogP) is 3.13. The third-order valence-electron chi connectivity index (χ3n) is 4.38. The zero-order valence-corrected chi connectivity index (χ0v) is 17.9. The van der Waals surface area contributed by atoms with Crippen molar-refractivity contribution in [2.24, 2.45) is 7.05 Å². The molecule has 0 amide bonds. The van der Waals surface area contributed by atoms with Crippen LogP contribution < -0.4 is 0 Å². The zero-order valence-electron chi connectivity index (χ0n) is 15.5. The number of aromatic nitrogens is 6. The molecule has 4 aromatic rings. The van der Waals surface area contributed by atoms with Gasteiger partial charge in [-0.15, -0.1) is 15.0 Å². The third kappa shape index (κ3) is 4.12. The van der Waals surface area contributed by atoms with Gasteiger partial charge in [0.2, 0.25) is 0 Å². The van der Waals surface area contributed by atoms with Gasteiger partial charge >= 0.3 is 0 Å². The van der Waals surface area contributed by atoms with E-state index in [1.807, 2.05) is 31.3 Å². The molecule has 0 aliphatic carbocycles. The Hall–Kier alpha value is -2.49. The topological polar surface area (TPSA) is 95.6 Å². The fourth-order valence-corrected chi connectivity index (χ4v) is 4.20. The normalized spacial score (nSPS) is 12.0. The van der Waals surface area contributed by atoms with Gasteiger partial charge in [-0.2, -0.15) is 5.10 Å². The molecule has 29 heavy (non-hydrogen) atoms. The number of nitrogens with zero attached hydrogens (tertiary/aromatic N) is 6. The Morgan fingerprint density at radius 3 is 2.59 bits per heavy atom. The van der Waals surface area contributed by atoms with Crippen molar-refractivity contribution in [3.63, 3.8) is 0 Å². The summed E-state index contributed by atoms with van der Waals surface area (Å²) in [5, 5.41) is 18.6. The smallest absolute Gasteiger partial charge is 0.180 e. The zero-order chi connectivity index (χ0) is 20.8. The minimum atomic E-state index is -3.25. The van der Waals surface area contributed by atoms with Crippen LogP contribution in [0.5, 0.6) is 0 Å². The highest BCUT2D eigenvalue weighted by Crippen LogP contribution is 2.35. The van der Waals surface area contributed by atoms with Gasteiger partial charge in [0.15, 0.2) is 21.5 Å². The number of halogens is 2. The Kier molecular flexibility index (Phi) is 5.05. The van der Waals surface area contributed by atoms with Gasteiger partial charge in [0.25, 0.3) is 0 Å². The van der Waals surface area contributed by atoms with E-state index in [-0.39, 0.29) is 5.88 Å². The predicted molar refractivity (Wildman–Crippen MR) is 112 cm³/mol. The van der Waals surface area contributed by atoms with Crippen LogP contribution in [-0.4, -0.2) is 44.7 Å². The third-order valence-corrected chi connectivity index (χ3v) is 5.63. The van der Waals surface area contributed by atoms with E-state index >= 15 is 0 Å². The first-order valence-electron chi connectivity index (χ1n) is 8.56. The van der Waals surface area contributed by atoms with Crippen molar-refractivity contribution >= 4 is 43.9 Å². The quantitative estimate of drug-likeness (QED) is 0.463. The van der Waals surface area contributed by atoms with E-state index in [1.165, 1.54) is 0 Å². The van der Waals surface area contributed by atoms with Crippen LogP contribution in [0.15, 0.2) is 36.4 Å². The number of tetrazole rings is 1. The van der Waals surface area contributed by atoms with Crippen molar-refractivity contribution in [3.8, 4) is 11.1 Å². The highest BCUT2D eigenvalue weighted by molar-refractivity contribution is 7.89. The highest BCUT2D eigenvalue weighted by Gasteiger charge is 2.17. The standard InChI is InChI=1S/C18H16Cl2N6O2S/c1-25-16(9-17-21-24-26(22-17)10-29(2,27)28)14-5-3-4-13(18(14)23-25)12-7-6-11(19)8-15(12)20/h3-8H,9-10H2,1-2H3. The first-order valence-corrected chi connectivity index (χ1v) is 11.4. The van der Waals surface area contributed by atoms with E-state index in [2.05, 4.69) is 20.5 Å². The molecule has 11 heteroatoms. The minimum Gasteiger partial charge on any atom is -0.271 e. The Morgan fingerprint density at radius 1 is 1.07 bits per heavy atom. The van der Waals surface area contributed by atoms with Crippen molar-refractivity contribution in [2.75, 3.05) is 6.26 Å². The van der Waals surface area contributed by atoms with Crippen molar-refractivity contribution in [3.05, 3.63) is 58.0 Å². The summed E-state index contributed by atoms with van der Waals surface area (Å²) in [6, 6.07) is 11.2. The van der Waals surface area contributed by atoms with Crippen LogP contribution in [0.3, 0.4) is 0 Å². The van der Waals surface area contributed by atoms with E-state index < -0.39 is 9.84 Å². The van der Waals surface area contributed by atoms with Crippen molar-refractivity contribution in [1.82, 2.24) is 30.0 Å². The van der Waals surface area contributed by atoms with Crippen LogP contribution in [0.1, 0.15) is 11.5 Å². The number of rotatable bonds is 5. The number of sulfone groups is 1. The van der Waals surface area contributed by atoms with Crippen LogP contribution >= 0.6 is 23.2 Å². The lowest BCUT2D eigenvalue weighted by Gasteiger charge is -2.06. The molecule has 0 saturated carbocycles. The van der Waals surface area contributed by atoms with Gasteiger partial charge < -0.3 is 0 Å². The van der Waals surface area contributed by atoms with Gasteiger partial charge in [0, 0.05) is 39.9 Å². The summed E-state index contributed by atoms with van der Waals surface area (Å²) in [5.74, 6) is 0.0965.